The van der Waals surface area contributed by atoms with Gasteiger partial charge in [0.05, 0.1) is 6.61 Å². The Balaban J connectivity index is 2.22. The van der Waals surface area contributed by atoms with Gasteiger partial charge in [-0.15, -0.1) is 0 Å². The first-order valence-corrected chi connectivity index (χ1v) is 4.88. The van der Waals surface area contributed by atoms with E-state index in [4.69, 9.17) is 4.74 Å². The van der Waals surface area contributed by atoms with Crippen molar-refractivity contribution < 1.29 is 4.74 Å². The molecule has 1 aromatic heterocycles. The van der Waals surface area contributed by atoms with Crippen LogP contribution >= 0.6 is 0 Å². The highest BCUT2D eigenvalue weighted by atomic mass is 16.5. The minimum Gasteiger partial charge on any atom is -0.359 e. The molecule has 0 amide bonds. The van der Waals surface area contributed by atoms with E-state index in [9.17, 15) is 0 Å². The van der Waals surface area contributed by atoms with Crippen molar-refractivity contribution in [2.45, 2.75) is 33.6 Å². The van der Waals surface area contributed by atoms with Gasteiger partial charge in [-0.2, -0.15) is 0 Å². The molecule has 76 valence electrons. The van der Waals surface area contributed by atoms with Gasteiger partial charge in [0, 0.05) is 29.1 Å². The Labute approximate surface area is 84.5 Å². The number of rotatable bonds is 0. The van der Waals surface area contributed by atoms with Crippen LogP contribution in [0.25, 0.3) is 0 Å². The lowest BCUT2D eigenvalue weighted by molar-refractivity contribution is -0.0158. The molecule has 0 saturated carbocycles. The Bertz CT molecular complexity index is 330. The van der Waals surface area contributed by atoms with E-state index < -0.39 is 0 Å². The smallest absolute Gasteiger partial charge is 0.133 e. The van der Waals surface area contributed by atoms with E-state index in [-0.39, 0.29) is 11.6 Å². The molecule has 0 saturated heterocycles. The summed E-state index contributed by atoms with van der Waals surface area (Å²) in [6.07, 6.45) is 3.73. The Hall–Kier alpha value is -1.09. The second-order valence-electron chi connectivity index (χ2n) is 4.73. The average molecular weight is 192 g/mol. The van der Waals surface area contributed by atoms with Crippen molar-refractivity contribution in [3.8, 4) is 0 Å². The Morgan fingerprint density at radius 1 is 1.50 bits per heavy atom. The molecule has 0 spiro atoms. The number of fused-ring (bicyclic) bond motifs is 1. The SMILES string of the molecule is CC(C)(C)C1Nc2ccncc2CO1. The summed E-state index contributed by atoms with van der Waals surface area (Å²) in [5, 5.41) is 3.37. The van der Waals surface area contributed by atoms with Crippen molar-refractivity contribution in [1.29, 1.82) is 0 Å². The standard InChI is InChI=1S/C11H16N2O/c1-11(2,3)10-13-9-4-5-12-6-8(9)7-14-10/h4-6,10,13H,7H2,1-3H3. The largest absolute Gasteiger partial charge is 0.359 e. The van der Waals surface area contributed by atoms with Crippen molar-refractivity contribution in [1.82, 2.24) is 4.98 Å². The number of nitrogens with one attached hydrogen (secondary N) is 1. The molecule has 2 heterocycles. The highest BCUT2D eigenvalue weighted by Crippen LogP contribution is 2.30. The van der Waals surface area contributed by atoms with Crippen LogP contribution in [0.15, 0.2) is 18.5 Å². The lowest BCUT2D eigenvalue weighted by atomic mass is 9.93. The predicted molar refractivity (Wildman–Crippen MR) is 55.9 cm³/mol. The zero-order chi connectivity index (χ0) is 10.2. The zero-order valence-electron chi connectivity index (χ0n) is 8.87. The third-order valence-corrected chi connectivity index (χ3v) is 2.38. The van der Waals surface area contributed by atoms with E-state index >= 15 is 0 Å². The molecule has 1 unspecified atom stereocenters. The van der Waals surface area contributed by atoms with Gasteiger partial charge in [-0.05, 0) is 6.07 Å². The first kappa shape index (κ1) is 9.46. The summed E-state index contributed by atoms with van der Waals surface area (Å²) >= 11 is 0. The molecule has 1 aliphatic heterocycles. The average Bonchev–Trinajstić information content (AvgIpc) is 2.16. The van der Waals surface area contributed by atoms with Gasteiger partial charge in [0.25, 0.3) is 0 Å². The maximum absolute atomic E-state index is 5.72. The number of ether oxygens (including phenoxy) is 1. The summed E-state index contributed by atoms with van der Waals surface area (Å²) in [5.41, 5.74) is 2.39. The molecule has 14 heavy (non-hydrogen) atoms. The van der Waals surface area contributed by atoms with E-state index in [0.29, 0.717) is 6.61 Å². The van der Waals surface area contributed by atoms with Crippen molar-refractivity contribution >= 4 is 5.69 Å². The van der Waals surface area contributed by atoms with Gasteiger partial charge in [-0.25, -0.2) is 0 Å². The van der Waals surface area contributed by atoms with Gasteiger partial charge < -0.3 is 10.1 Å². The summed E-state index contributed by atoms with van der Waals surface area (Å²) in [6.45, 7) is 7.14. The first-order chi connectivity index (χ1) is 6.57. The maximum Gasteiger partial charge on any atom is 0.133 e. The molecule has 0 aromatic carbocycles. The van der Waals surface area contributed by atoms with Gasteiger partial charge in [0.15, 0.2) is 0 Å². The lowest BCUT2D eigenvalue weighted by Crippen LogP contribution is -2.39. The predicted octanol–water partition coefficient (Wildman–Crippen LogP) is 2.40. The van der Waals surface area contributed by atoms with Crippen LogP contribution in [0.2, 0.25) is 0 Å². The third-order valence-electron chi connectivity index (χ3n) is 2.38. The molecule has 3 heteroatoms. The van der Waals surface area contributed by atoms with Crippen LogP contribution in [0.1, 0.15) is 26.3 Å². The summed E-state index contributed by atoms with van der Waals surface area (Å²) in [7, 11) is 0. The lowest BCUT2D eigenvalue weighted by Gasteiger charge is -2.35. The van der Waals surface area contributed by atoms with Crippen LogP contribution < -0.4 is 5.32 Å². The normalized spacial score (nSPS) is 21.2. The number of anilines is 1. The fourth-order valence-corrected chi connectivity index (χ4v) is 1.51. The Morgan fingerprint density at radius 3 is 3.00 bits per heavy atom. The summed E-state index contributed by atoms with van der Waals surface area (Å²) in [4.78, 5) is 4.07. The summed E-state index contributed by atoms with van der Waals surface area (Å²) in [5.74, 6) is 0. The van der Waals surface area contributed by atoms with Gasteiger partial charge in [-0.1, -0.05) is 20.8 Å². The maximum atomic E-state index is 5.72. The second kappa shape index (κ2) is 3.24. The van der Waals surface area contributed by atoms with Crippen LogP contribution in [0.3, 0.4) is 0 Å². The number of pyridine rings is 1. The molecule has 1 atom stereocenters. The van der Waals surface area contributed by atoms with Crippen LogP contribution in [-0.4, -0.2) is 11.2 Å². The van der Waals surface area contributed by atoms with E-state index in [0.717, 1.165) is 11.3 Å². The van der Waals surface area contributed by atoms with E-state index in [1.807, 2.05) is 12.3 Å². The molecule has 0 radical (unpaired) electrons. The number of nitrogens with zero attached hydrogens (tertiary/aromatic N) is 1. The zero-order valence-corrected chi connectivity index (χ0v) is 8.87. The van der Waals surface area contributed by atoms with E-state index in [2.05, 4.69) is 31.1 Å². The Kier molecular flexibility index (Phi) is 2.19. The fourth-order valence-electron chi connectivity index (χ4n) is 1.51. The summed E-state index contributed by atoms with van der Waals surface area (Å²) < 4.78 is 5.72. The van der Waals surface area contributed by atoms with Crippen LogP contribution in [0.4, 0.5) is 5.69 Å². The fraction of sp³-hybridized carbons (Fsp3) is 0.545. The molecule has 0 bridgehead atoms. The number of aromatic nitrogens is 1. The van der Waals surface area contributed by atoms with Crippen LogP contribution in [-0.2, 0) is 11.3 Å². The van der Waals surface area contributed by atoms with Crippen molar-refractivity contribution in [2.75, 3.05) is 5.32 Å². The molecule has 1 N–H and O–H groups in total. The van der Waals surface area contributed by atoms with Crippen LogP contribution in [0, 0.1) is 5.41 Å². The molecule has 0 fully saturated rings. The van der Waals surface area contributed by atoms with Crippen molar-refractivity contribution in [3.05, 3.63) is 24.0 Å². The molecule has 1 aromatic rings. The van der Waals surface area contributed by atoms with Gasteiger partial charge in [0.1, 0.15) is 6.23 Å². The first-order valence-electron chi connectivity index (χ1n) is 4.88. The third kappa shape index (κ3) is 1.73. The Morgan fingerprint density at radius 2 is 2.29 bits per heavy atom. The second-order valence-corrected chi connectivity index (χ2v) is 4.73. The molecular weight excluding hydrogens is 176 g/mol. The molecule has 0 aliphatic carbocycles. The molecule has 1 aliphatic rings. The van der Waals surface area contributed by atoms with Gasteiger partial charge >= 0.3 is 0 Å². The van der Waals surface area contributed by atoms with Crippen molar-refractivity contribution in [3.63, 3.8) is 0 Å². The number of hydrogen-bond donors (Lipinski definition) is 1. The molecule has 3 nitrogen and oxygen atoms in total. The van der Waals surface area contributed by atoms with E-state index in [1.165, 1.54) is 0 Å². The molecule has 2 rings (SSSR count). The molecular formula is C11H16N2O. The van der Waals surface area contributed by atoms with E-state index in [1.54, 1.807) is 6.20 Å². The topological polar surface area (TPSA) is 34.2 Å². The monoisotopic (exact) mass is 192 g/mol. The summed E-state index contributed by atoms with van der Waals surface area (Å²) in [6, 6.07) is 2.00. The van der Waals surface area contributed by atoms with Crippen LogP contribution in [0.5, 0.6) is 0 Å². The van der Waals surface area contributed by atoms with Gasteiger partial charge in [-0.3, -0.25) is 4.98 Å². The minimum atomic E-state index is 0.0809. The quantitative estimate of drug-likeness (QED) is 0.685. The minimum absolute atomic E-state index is 0.0809. The highest BCUT2D eigenvalue weighted by molar-refractivity contribution is 5.51. The highest BCUT2D eigenvalue weighted by Gasteiger charge is 2.28. The number of hydrogen-bond acceptors (Lipinski definition) is 3. The van der Waals surface area contributed by atoms with Gasteiger partial charge in [0.2, 0.25) is 0 Å². The van der Waals surface area contributed by atoms with Crippen molar-refractivity contribution in [2.24, 2.45) is 5.41 Å².